The first-order valence-electron chi connectivity index (χ1n) is 13.8. The molecule has 0 bridgehead atoms. The van der Waals surface area contributed by atoms with Crippen molar-refractivity contribution in [2.45, 2.75) is 76.4 Å². The Morgan fingerprint density at radius 1 is 0.821 bits per heavy atom. The number of epoxide rings is 1. The molecular formula is C32H33F5O2. The molecule has 1 aliphatic carbocycles. The summed E-state index contributed by atoms with van der Waals surface area (Å²) in [4.78, 5) is 0. The number of hydrogen-bond acceptors (Lipinski definition) is 2. The van der Waals surface area contributed by atoms with Crippen LogP contribution in [0.25, 0.3) is 11.1 Å². The molecule has 2 atom stereocenters. The lowest BCUT2D eigenvalue weighted by Crippen LogP contribution is -2.16. The molecule has 2 aliphatic rings. The molecule has 2 unspecified atom stereocenters. The van der Waals surface area contributed by atoms with E-state index in [-0.39, 0.29) is 28.2 Å². The van der Waals surface area contributed by atoms with Gasteiger partial charge in [-0.3, -0.25) is 0 Å². The van der Waals surface area contributed by atoms with Gasteiger partial charge in [0, 0.05) is 22.3 Å². The maximum Gasteiger partial charge on any atom is 0.167 e. The first kappa shape index (κ1) is 27.8. The van der Waals surface area contributed by atoms with Crippen molar-refractivity contribution in [2.75, 3.05) is 6.61 Å². The quantitative estimate of drug-likeness (QED) is 0.216. The summed E-state index contributed by atoms with van der Waals surface area (Å²) in [5, 5.41) is 10.1. The largest absolute Gasteiger partial charge is 0.388 e. The molecule has 3 aromatic rings. The predicted octanol–water partition coefficient (Wildman–Crippen LogP) is 8.86. The highest BCUT2D eigenvalue weighted by Crippen LogP contribution is 2.40. The maximum atomic E-state index is 14.9. The Hall–Kier alpha value is -2.77. The summed E-state index contributed by atoms with van der Waals surface area (Å²) in [7, 11) is 0. The molecule has 5 rings (SSSR count). The number of halogens is 5. The van der Waals surface area contributed by atoms with E-state index in [0.29, 0.717) is 37.4 Å². The van der Waals surface area contributed by atoms with Crippen LogP contribution in [0.1, 0.15) is 92.2 Å². The summed E-state index contributed by atoms with van der Waals surface area (Å²) in [6.45, 7) is 2.23. The first-order chi connectivity index (χ1) is 18.8. The number of hydrogen-bond donors (Lipinski definition) is 1. The molecular weight excluding hydrogens is 511 g/mol. The van der Waals surface area contributed by atoms with Crippen molar-refractivity contribution in [1.29, 1.82) is 0 Å². The molecule has 208 valence electrons. The van der Waals surface area contributed by atoms with E-state index in [1.165, 1.54) is 30.3 Å². The third kappa shape index (κ3) is 5.90. The minimum atomic E-state index is -1.07. The molecule has 2 fully saturated rings. The number of rotatable bonds is 9. The van der Waals surface area contributed by atoms with Crippen LogP contribution >= 0.6 is 0 Å². The van der Waals surface area contributed by atoms with E-state index in [9.17, 15) is 27.1 Å². The van der Waals surface area contributed by atoms with Crippen molar-refractivity contribution in [3.05, 3.63) is 93.8 Å². The maximum absolute atomic E-state index is 14.9. The van der Waals surface area contributed by atoms with Gasteiger partial charge in [0.05, 0.1) is 12.7 Å². The van der Waals surface area contributed by atoms with E-state index in [2.05, 4.69) is 0 Å². The van der Waals surface area contributed by atoms with Gasteiger partial charge < -0.3 is 9.84 Å². The lowest BCUT2D eigenvalue weighted by atomic mass is 9.76. The van der Waals surface area contributed by atoms with Crippen molar-refractivity contribution in [2.24, 2.45) is 5.92 Å². The van der Waals surface area contributed by atoms with Crippen LogP contribution in [-0.2, 0) is 11.2 Å². The highest BCUT2D eigenvalue weighted by molar-refractivity contribution is 5.66. The predicted molar refractivity (Wildman–Crippen MR) is 140 cm³/mol. The van der Waals surface area contributed by atoms with E-state index in [4.69, 9.17) is 4.74 Å². The fourth-order valence-electron chi connectivity index (χ4n) is 5.90. The average molecular weight is 545 g/mol. The van der Waals surface area contributed by atoms with E-state index < -0.39 is 41.3 Å². The molecule has 1 aliphatic heterocycles. The van der Waals surface area contributed by atoms with Gasteiger partial charge in [0.2, 0.25) is 0 Å². The Morgan fingerprint density at radius 3 is 2.15 bits per heavy atom. The normalized spacial score (nSPS) is 21.7. The van der Waals surface area contributed by atoms with Crippen molar-refractivity contribution < 1.29 is 31.8 Å². The number of benzene rings is 3. The van der Waals surface area contributed by atoms with Crippen LogP contribution in [0.5, 0.6) is 0 Å². The second-order valence-electron chi connectivity index (χ2n) is 10.9. The third-order valence-electron chi connectivity index (χ3n) is 8.31. The molecule has 2 nitrogen and oxygen atoms in total. The molecule has 0 spiro atoms. The van der Waals surface area contributed by atoms with Crippen LogP contribution in [0.4, 0.5) is 22.0 Å². The summed E-state index contributed by atoms with van der Waals surface area (Å²) < 4.78 is 78.5. The lowest BCUT2D eigenvalue weighted by molar-refractivity contribution is 0.160. The fourth-order valence-corrected chi connectivity index (χ4v) is 5.90. The van der Waals surface area contributed by atoms with Gasteiger partial charge in [-0.05, 0) is 74.0 Å². The second kappa shape index (κ2) is 11.8. The third-order valence-corrected chi connectivity index (χ3v) is 8.31. The standard InChI is InChI=1S/C32H33F5O2/c1-2-3-27(38)24-14-12-21(29(34)31(24)36)20-9-6-18(7-10-20)4-5-19-8-11-22(26(33)16-19)23-13-15-25(28-17-39-28)32(37)30(23)35/h8,11-16,18,20,27-28,38H,2-7,9-10,17H2,1H3. The van der Waals surface area contributed by atoms with Gasteiger partial charge in [-0.2, -0.15) is 0 Å². The van der Waals surface area contributed by atoms with Crippen LogP contribution < -0.4 is 0 Å². The van der Waals surface area contributed by atoms with E-state index in [1.54, 1.807) is 12.1 Å². The Balaban J connectivity index is 1.18. The number of ether oxygens (including phenoxy) is 1. The van der Waals surface area contributed by atoms with Crippen molar-refractivity contribution in [3.63, 3.8) is 0 Å². The summed E-state index contributed by atoms with van der Waals surface area (Å²) in [6.07, 6.45) is 4.26. The molecule has 1 heterocycles. The van der Waals surface area contributed by atoms with Crippen molar-refractivity contribution in [1.82, 2.24) is 0 Å². The molecule has 3 aromatic carbocycles. The highest BCUT2D eigenvalue weighted by atomic mass is 19.2. The van der Waals surface area contributed by atoms with Gasteiger partial charge in [0.15, 0.2) is 23.3 Å². The Kier molecular flexibility index (Phi) is 8.38. The summed E-state index contributed by atoms with van der Waals surface area (Å²) in [6, 6.07) is 10.6. The number of aliphatic hydroxyl groups excluding tert-OH is 1. The van der Waals surface area contributed by atoms with Crippen molar-refractivity contribution >= 4 is 0 Å². The van der Waals surface area contributed by atoms with Crippen LogP contribution in [0.15, 0.2) is 42.5 Å². The summed E-state index contributed by atoms with van der Waals surface area (Å²) in [5.74, 6) is -4.17. The van der Waals surface area contributed by atoms with E-state index >= 15 is 0 Å². The fraction of sp³-hybridized carbons (Fsp3) is 0.438. The minimum Gasteiger partial charge on any atom is -0.388 e. The topological polar surface area (TPSA) is 32.8 Å². The van der Waals surface area contributed by atoms with Crippen LogP contribution in [0.3, 0.4) is 0 Å². The van der Waals surface area contributed by atoms with Gasteiger partial charge in [0.1, 0.15) is 11.9 Å². The molecule has 0 radical (unpaired) electrons. The zero-order valence-electron chi connectivity index (χ0n) is 22.0. The van der Waals surface area contributed by atoms with Gasteiger partial charge in [0.25, 0.3) is 0 Å². The molecule has 0 amide bonds. The monoisotopic (exact) mass is 544 g/mol. The molecule has 1 saturated heterocycles. The lowest BCUT2D eigenvalue weighted by Gasteiger charge is -2.29. The Morgan fingerprint density at radius 2 is 1.49 bits per heavy atom. The second-order valence-corrected chi connectivity index (χ2v) is 10.9. The molecule has 7 heteroatoms. The van der Waals surface area contributed by atoms with Gasteiger partial charge >= 0.3 is 0 Å². The van der Waals surface area contributed by atoms with E-state index in [1.807, 2.05) is 6.92 Å². The molecule has 1 N–H and O–H groups in total. The molecule has 39 heavy (non-hydrogen) atoms. The summed E-state index contributed by atoms with van der Waals surface area (Å²) >= 11 is 0. The summed E-state index contributed by atoms with van der Waals surface area (Å²) in [5.41, 5.74) is 1.22. The zero-order chi connectivity index (χ0) is 27.7. The molecule has 1 saturated carbocycles. The molecule has 0 aromatic heterocycles. The number of aliphatic hydroxyl groups is 1. The zero-order valence-corrected chi connectivity index (χ0v) is 22.0. The van der Waals surface area contributed by atoms with Gasteiger partial charge in [-0.15, -0.1) is 0 Å². The first-order valence-corrected chi connectivity index (χ1v) is 13.8. The van der Waals surface area contributed by atoms with Crippen LogP contribution in [-0.4, -0.2) is 11.7 Å². The average Bonchev–Trinajstić information content (AvgIpc) is 3.77. The van der Waals surface area contributed by atoms with E-state index in [0.717, 1.165) is 37.7 Å². The van der Waals surface area contributed by atoms with Gasteiger partial charge in [-0.25, -0.2) is 22.0 Å². The SMILES string of the molecule is CCCC(O)c1ccc(C2CCC(CCc3ccc(-c4ccc(C5CO5)c(F)c4F)c(F)c3)CC2)c(F)c1F. The smallest absolute Gasteiger partial charge is 0.167 e. The van der Waals surface area contributed by atoms with Crippen molar-refractivity contribution in [3.8, 4) is 11.1 Å². The highest BCUT2D eigenvalue weighted by Gasteiger charge is 2.31. The minimum absolute atomic E-state index is 0.0152. The van der Waals surface area contributed by atoms with Crippen LogP contribution in [0, 0.1) is 35.0 Å². The van der Waals surface area contributed by atoms with Gasteiger partial charge in [-0.1, -0.05) is 49.7 Å². The number of aryl methyl sites for hydroxylation is 1. The van der Waals surface area contributed by atoms with Crippen LogP contribution in [0.2, 0.25) is 0 Å². The Bertz CT molecular complexity index is 1330. The Labute approximate surface area is 225 Å².